The summed E-state index contributed by atoms with van der Waals surface area (Å²) in [5.41, 5.74) is 2.77. The first-order chi connectivity index (χ1) is 16.4. The van der Waals surface area contributed by atoms with Gasteiger partial charge in [-0.2, -0.15) is 0 Å². The Labute approximate surface area is 208 Å². The lowest BCUT2D eigenvalue weighted by Gasteiger charge is -2.32. The van der Waals surface area contributed by atoms with Crippen molar-refractivity contribution in [3.63, 3.8) is 0 Å². The molecular weight excluding hydrogens is 466 g/mol. The van der Waals surface area contributed by atoms with Gasteiger partial charge in [0.1, 0.15) is 6.04 Å². The van der Waals surface area contributed by atoms with Crippen molar-refractivity contribution in [2.75, 3.05) is 11.4 Å². The lowest BCUT2D eigenvalue weighted by atomic mass is 10.1. The van der Waals surface area contributed by atoms with Crippen molar-refractivity contribution in [1.29, 1.82) is 0 Å². The van der Waals surface area contributed by atoms with Gasteiger partial charge in [-0.1, -0.05) is 31.0 Å². The van der Waals surface area contributed by atoms with Crippen molar-refractivity contribution in [1.82, 2.24) is 10.6 Å². The van der Waals surface area contributed by atoms with Crippen molar-refractivity contribution in [3.8, 4) is 0 Å². The van der Waals surface area contributed by atoms with Crippen LogP contribution in [0.15, 0.2) is 53.2 Å². The second-order valence-corrected chi connectivity index (χ2v) is 10.5. The van der Waals surface area contributed by atoms with Crippen LogP contribution in [0, 0.1) is 13.8 Å². The Morgan fingerprint density at radius 1 is 1.00 bits per heavy atom. The molecule has 0 unspecified atom stereocenters. The molecule has 0 radical (unpaired) electrons. The molecule has 3 aromatic rings. The highest BCUT2D eigenvalue weighted by Gasteiger charge is 2.35. The van der Waals surface area contributed by atoms with E-state index in [-0.39, 0.29) is 30.3 Å². The highest BCUT2D eigenvalue weighted by Crippen LogP contribution is 2.32. The summed E-state index contributed by atoms with van der Waals surface area (Å²) in [7, 11) is 0. The molecule has 1 aliphatic carbocycles. The maximum absolute atomic E-state index is 13.6. The summed E-state index contributed by atoms with van der Waals surface area (Å²) in [6.45, 7) is 3.79. The SMILES string of the molecule is Cc1ccc(N(C(=O)CNC(=O)c2cccs2)[C@@H](C(=O)NC2CCCC2)c2cccs2)cc1C. The summed E-state index contributed by atoms with van der Waals surface area (Å²) >= 11 is 2.77. The fraction of sp³-hybridized carbons (Fsp3) is 0.346. The quantitative estimate of drug-likeness (QED) is 0.462. The average Bonchev–Trinajstić information content (AvgIpc) is 3.61. The van der Waals surface area contributed by atoms with E-state index in [1.165, 1.54) is 27.6 Å². The van der Waals surface area contributed by atoms with E-state index >= 15 is 0 Å². The average molecular weight is 496 g/mol. The Balaban J connectivity index is 1.66. The third kappa shape index (κ3) is 5.56. The van der Waals surface area contributed by atoms with Crippen LogP contribution in [0.5, 0.6) is 0 Å². The van der Waals surface area contributed by atoms with Crippen LogP contribution >= 0.6 is 22.7 Å². The standard InChI is InChI=1S/C26H29N3O3S2/c1-17-11-12-20(15-18(17)2)29(23(30)16-27-25(31)22-10-6-14-34-22)24(21-9-5-13-33-21)26(32)28-19-7-3-4-8-19/h5-6,9-15,19,24H,3-4,7-8,16H2,1-2H3,(H,27,31)(H,28,32)/t24-/m1/s1. The molecule has 3 amide bonds. The van der Waals surface area contributed by atoms with Crippen LogP contribution in [0.1, 0.15) is 57.4 Å². The van der Waals surface area contributed by atoms with Crippen LogP contribution in [0.4, 0.5) is 5.69 Å². The zero-order valence-corrected chi connectivity index (χ0v) is 21.0. The minimum absolute atomic E-state index is 0.130. The fourth-order valence-corrected chi connectivity index (χ4v) is 5.67. The number of nitrogens with zero attached hydrogens (tertiary/aromatic N) is 1. The predicted molar refractivity (Wildman–Crippen MR) is 138 cm³/mol. The number of anilines is 1. The number of carbonyl (C=O) groups is 3. The summed E-state index contributed by atoms with van der Waals surface area (Å²) in [5, 5.41) is 9.63. The van der Waals surface area contributed by atoms with E-state index in [0.29, 0.717) is 10.6 Å². The summed E-state index contributed by atoms with van der Waals surface area (Å²) in [5.74, 6) is -0.829. The molecule has 4 rings (SSSR count). The monoisotopic (exact) mass is 495 g/mol. The molecule has 178 valence electrons. The van der Waals surface area contributed by atoms with Gasteiger partial charge in [0.15, 0.2) is 0 Å². The number of thiophene rings is 2. The van der Waals surface area contributed by atoms with Crippen LogP contribution in [-0.4, -0.2) is 30.3 Å². The molecule has 6 nitrogen and oxygen atoms in total. The Morgan fingerprint density at radius 2 is 1.74 bits per heavy atom. The molecule has 0 bridgehead atoms. The van der Waals surface area contributed by atoms with Crippen LogP contribution in [-0.2, 0) is 9.59 Å². The summed E-state index contributed by atoms with van der Waals surface area (Å²) in [6.07, 6.45) is 4.11. The third-order valence-electron chi connectivity index (χ3n) is 6.20. The van der Waals surface area contributed by atoms with Gasteiger partial charge >= 0.3 is 0 Å². The smallest absolute Gasteiger partial charge is 0.261 e. The number of benzene rings is 1. The van der Waals surface area contributed by atoms with E-state index in [4.69, 9.17) is 0 Å². The second kappa shape index (κ2) is 11.0. The van der Waals surface area contributed by atoms with Crippen molar-refractivity contribution < 1.29 is 14.4 Å². The van der Waals surface area contributed by atoms with Gasteiger partial charge in [0.05, 0.1) is 11.4 Å². The van der Waals surface area contributed by atoms with Gasteiger partial charge < -0.3 is 10.6 Å². The number of aryl methyl sites for hydroxylation is 2. The first-order valence-corrected chi connectivity index (χ1v) is 13.2. The van der Waals surface area contributed by atoms with Gasteiger partial charge in [-0.3, -0.25) is 19.3 Å². The molecule has 1 aromatic carbocycles. The topological polar surface area (TPSA) is 78.5 Å². The minimum Gasteiger partial charge on any atom is -0.351 e. The molecule has 1 fully saturated rings. The summed E-state index contributed by atoms with van der Waals surface area (Å²) in [6, 6.07) is 12.3. The Morgan fingerprint density at radius 3 is 2.38 bits per heavy atom. The molecule has 1 saturated carbocycles. The first-order valence-electron chi connectivity index (χ1n) is 11.5. The Kier molecular flexibility index (Phi) is 7.80. The number of rotatable bonds is 8. The van der Waals surface area contributed by atoms with Crippen molar-refractivity contribution in [2.24, 2.45) is 0 Å². The molecule has 2 N–H and O–H groups in total. The number of hydrogen-bond acceptors (Lipinski definition) is 5. The van der Waals surface area contributed by atoms with Gasteiger partial charge in [0.25, 0.3) is 5.91 Å². The van der Waals surface area contributed by atoms with E-state index < -0.39 is 6.04 Å². The molecule has 1 atom stereocenters. The number of nitrogens with one attached hydrogen (secondary N) is 2. The Hall–Kier alpha value is -2.97. The zero-order chi connectivity index (χ0) is 24.1. The van der Waals surface area contributed by atoms with E-state index in [1.54, 1.807) is 12.1 Å². The zero-order valence-electron chi connectivity index (χ0n) is 19.4. The van der Waals surface area contributed by atoms with Crippen molar-refractivity contribution in [3.05, 3.63) is 74.1 Å². The number of hydrogen-bond donors (Lipinski definition) is 2. The van der Waals surface area contributed by atoms with Gasteiger partial charge in [0, 0.05) is 16.6 Å². The molecule has 34 heavy (non-hydrogen) atoms. The van der Waals surface area contributed by atoms with Crippen LogP contribution in [0.3, 0.4) is 0 Å². The van der Waals surface area contributed by atoms with Gasteiger partial charge in [-0.25, -0.2) is 0 Å². The second-order valence-electron chi connectivity index (χ2n) is 8.60. The normalized spacial score (nSPS) is 14.5. The summed E-state index contributed by atoms with van der Waals surface area (Å²) in [4.78, 5) is 42.6. The molecule has 0 aliphatic heterocycles. The van der Waals surface area contributed by atoms with E-state index in [0.717, 1.165) is 41.7 Å². The third-order valence-corrected chi connectivity index (χ3v) is 8.00. The van der Waals surface area contributed by atoms with Crippen LogP contribution in [0.2, 0.25) is 0 Å². The van der Waals surface area contributed by atoms with Gasteiger partial charge in [-0.05, 0) is 72.8 Å². The fourth-order valence-electron chi connectivity index (χ4n) is 4.22. The van der Waals surface area contributed by atoms with Crippen molar-refractivity contribution in [2.45, 2.75) is 51.6 Å². The van der Waals surface area contributed by atoms with Gasteiger partial charge in [0.2, 0.25) is 11.8 Å². The first kappa shape index (κ1) is 24.2. The highest BCUT2D eigenvalue weighted by molar-refractivity contribution is 7.12. The molecule has 1 aliphatic rings. The maximum atomic E-state index is 13.6. The van der Waals surface area contributed by atoms with Gasteiger partial charge in [-0.15, -0.1) is 22.7 Å². The van der Waals surface area contributed by atoms with E-state index in [1.807, 2.05) is 54.9 Å². The molecular formula is C26H29N3O3S2. The van der Waals surface area contributed by atoms with Crippen LogP contribution in [0.25, 0.3) is 0 Å². The van der Waals surface area contributed by atoms with Crippen LogP contribution < -0.4 is 15.5 Å². The molecule has 0 saturated heterocycles. The lowest BCUT2D eigenvalue weighted by Crippen LogP contribution is -2.49. The molecule has 2 aromatic heterocycles. The predicted octanol–water partition coefficient (Wildman–Crippen LogP) is 4.99. The lowest BCUT2D eigenvalue weighted by molar-refractivity contribution is -0.126. The van der Waals surface area contributed by atoms with Crippen molar-refractivity contribution >= 4 is 46.1 Å². The highest BCUT2D eigenvalue weighted by atomic mass is 32.1. The van der Waals surface area contributed by atoms with E-state index in [2.05, 4.69) is 10.6 Å². The Bertz CT molecular complexity index is 1140. The minimum atomic E-state index is -0.811. The number of amides is 3. The van der Waals surface area contributed by atoms with E-state index in [9.17, 15) is 14.4 Å². The largest absolute Gasteiger partial charge is 0.351 e. The number of carbonyl (C=O) groups excluding carboxylic acids is 3. The maximum Gasteiger partial charge on any atom is 0.261 e. The summed E-state index contributed by atoms with van der Waals surface area (Å²) < 4.78 is 0. The molecule has 2 heterocycles. The molecule has 8 heteroatoms. The molecule has 0 spiro atoms.